The molecular formula is C21H20F4N4O3. The van der Waals surface area contributed by atoms with Gasteiger partial charge in [0.1, 0.15) is 5.82 Å². The van der Waals surface area contributed by atoms with Gasteiger partial charge in [0.05, 0.1) is 12.6 Å². The molecule has 2 aliphatic rings. The van der Waals surface area contributed by atoms with E-state index in [-0.39, 0.29) is 30.2 Å². The topological polar surface area (TPSA) is 84.4 Å². The second-order valence-corrected chi connectivity index (χ2v) is 7.84. The van der Waals surface area contributed by atoms with Gasteiger partial charge in [-0.2, -0.15) is 8.78 Å². The van der Waals surface area contributed by atoms with Gasteiger partial charge in [0.25, 0.3) is 5.91 Å². The summed E-state index contributed by atoms with van der Waals surface area (Å²) >= 11 is 0. The molecule has 1 saturated carbocycles. The van der Waals surface area contributed by atoms with E-state index in [1.807, 2.05) is 0 Å². The summed E-state index contributed by atoms with van der Waals surface area (Å²) in [7, 11) is 0. The van der Waals surface area contributed by atoms with E-state index >= 15 is 0 Å². The third-order valence-electron chi connectivity index (χ3n) is 5.51. The van der Waals surface area contributed by atoms with Crippen molar-refractivity contribution in [1.82, 2.24) is 14.9 Å². The van der Waals surface area contributed by atoms with Crippen molar-refractivity contribution in [1.29, 1.82) is 0 Å². The highest BCUT2D eigenvalue weighted by atomic mass is 19.3. The van der Waals surface area contributed by atoms with Gasteiger partial charge in [-0.15, -0.1) is 0 Å². The lowest BCUT2D eigenvalue weighted by Gasteiger charge is -2.24. The van der Waals surface area contributed by atoms with E-state index in [4.69, 9.17) is 0 Å². The minimum absolute atomic E-state index is 0.00719. The minimum Gasteiger partial charge on any atom is -0.471 e. The summed E-state index contributed by atoms with van der Waals surface area (Å²) in [4.78, 5) is 34.7. The molecule has 0 saturated heterocycles. The molecule has 1 unspecified atom stereocenters. The van der Waals surface area contributed by atoms with Crippen LogP contribution in [0.4, 0.5) is 23.4 Å². The molecule has 3 heterocycles. The minimum atomic E-state index is -4.28. The lowest BCUT2D eigenvalue weighted by Crippen LogP contribution is -2.33. The molecule has 0 spiro atoms. The Hall–Kier alpha value is -3.24. The van der Waals surface area contributed by atoms with E-state index < -0.39 is 25.0 Å². The van der Waals surface area contributed by atoms with Crippen LogP contribution in [0.2, 0.25) is 0 Å². The summed E-state index contributed by atoms with van der Waals surface area (Å²) in [5, 5.41) is 2.79. The largest absolute Gasteiger partial charge is 0.471 e. The van der Waals surface area contributed by atoms with Crippen LogP contribution in [-0.4, -0.2) is 45.6 Å². The average Bonchev–Trinajstić information content (AvgIpc) is 3.57. The Morgan fingerprint density at radius 1 is 1.28 bits per heavy atom. The van der Waals surface area contributed by atoms with Gasteiger partial charge < -0.3 is 15.0 Å². The van der Waals surface area contributed by atoms with Crippen molar-refractivity contribution in [3.8, 4) is 5.88 Å². The van der Waals surface area contributed by atoms with Gasteiger partial charge in [-0.3, -0.25) is 9.59 Å². The highest BCUT2D eigenvalue weighted by molar-refractivity contribution is 6.02. The number of carbonyl (C=O) groups excluding carboxylic acids is 2. The van der Waals surface area contributed by atoms with Crippen LogP contribution >= 0.6 is 0 Å². The van der Waals surface area contributed by atoms with Crippen molar-refractivity contribution >= 4 is 17.6 Å². The highest BCUT2D eigenvalue weighted by Gasteiger charge is 2.42. The molecule has 1 N–H and O–H groups in total. The van der Waals surface area contributed by atoms with Crippen LogP contribution in [0.25, 0.3) is 0 Å². The number of nitrogens with zero attached hydrogens (tertiary/aromatic N) is 3. The van der Waals surface area contributed by atoms with E-state index in [1.165, 1.54) is 24.5 Å². The van der Waals surface area contributed by atoms with Crippen LogP contribution in [0, 0.1) is 5.92 Å². The van der Waals surface area contributed by atoms with Crippen molar-refractivity contribution in [2.75, 3.05) is 11.9 Å². The summed E-state index contributed by atoms with van der Waals surface area (Å²) in [6, 6.07) is 3.96. The highest BCUT2D eigenvalue weighted by Crippen LogP contribution is 2.35. The van der Waals surface area contributed by atoms with Gasteiger partial charge in [-0.1, -0.05) is 6.07 Å². The Balaban J connectivity index is 1.44. The number of hydrogen-bond donors (Lipinski definition) is 1. The molecule has 2 aromatic rings. The number of pyridine rings is 2. The molecule has 0 aromatic carbocycles. The number of amides is 2. The number of nitrogens with one attached hydrogen (secondary N) is 1. The fraction of sp³-hybridized carbons (Fsp3) is 0.429. The molecule has 1 aliphatic carbocycles. The zero-order chi connectivity index (χ0) is 23.0. The lowest BCUT2D eigenvalue weighted by molar-refractivity contribution is -0.148. The van der Waals surface area contributed by atoms with Gasteiger partial charge in [0.15, 0.2) is 6.61 Å². The first-order chi connectivity index (χ1) is 15.2. The van der Waals surface area contributed by atoms with Crippen molar-refractivity contribution < 1.29 is 31.9 Å². The maximum absolute atomic E-state index is 13.0. The maximum Gasteiger partial charge on any atom is 0.340 e. The number of rotatable bonds is 8. The number of fused-ring (bicyclic) bond motifs is 1. The fourth-order valence-electron chi connectivity index (χ4n) is 3.37. The quantitative estimate of drug-likeness (QED) is 0.616. The van der Waals surface area contributed by atoms with Crippen molar-refractivity contribution in [2.24, 2.45) is 5.92 Å². The van der Waals surface area contributed by atoms with Crippen LogP contribution in [-0.2, 0) is 11.3 Å². The Bertz CT molecular complexity index is 1030. The summed E-state index contributed by atoms with van der Waals surface area (Å²) < 4.78 is 55.1. The molecule has 0 radical (unpaired) electrons. The zero-order valence-corrected chi connectivity index (χ0v) is 17.0. The predicted octanol–water partition coefficient (Wildman–Crippen LogP) is 3.82. The van der Waals surface area contributed by atoms with E-state index in [1.54, 1.807) is 17.9 Å². The Morgan fingerprint density at radius 2 is 2.03 bits per heavy atom. The zero-order valence-electron chi connectivity index (χ0n) is 17.0. The molecule has 4 rings (SSSR count). The van der Waals surface area contributed by atoms with Crippen LogP contribution < -0.4 is 10.1 Å². The average molecular weight is 452 g/mol. The standard InChI is InChI=1S/C21H20F4N4O3/c1-11(13-4-5-16(27-8-13)32-10-21(24,25)20(22)23)29-9-15-14(19(29)31)6-7-26-17(15)28-18(30)12-2-3-12/h4-8,11-12,20H,2-3,9-10H2,1H3,(H,26,28,30). The summed E-state index contributed by atoms with van der Waals surface area (Å²) in [5.74, 6) is -4.50. The number of anilines is 1. The summed E-state index contributed by atoms with van der Waals surface area (Å²) in [5.41, 5.74) is 1.66. The van der Waals surface area contributed by atoms with E-state index in [2.05, 4.69) is 20.0 Å². The lowest BCUT2D eigenvalue weighted by atomic mass is 10.1. The van der Waals surface area contributed by atoms with E-state index in [0.29, 0.717) is 22.5 Å². The number of halogens is 4. The van der Waals surface area contributed by atoms with Crippen molar-refractivity contribution in [3.63, 3.8) is 0 Å². The van der Waals surface area contributed by atoms with E-state index in [0.717, 1.165) is 12.8 Å². The summed E-state index contributed by atoms with van der Waals surface area (Å²) in [6.45, 7) is 0.499. The molecule has 2 aromatic heterocycles. The van der Waals surface area contributed by atoms with Gasteiger partial charge in [-0.05, 0) is 31.4 Å². The molecule has 7 nitrogen and oxygen atoms in total. The Kier molecular flexibility index (Phi) is 5.74. The molecule has 1 atom stereocenters. The Labute approximate surface area is 180 Å². The van der Waals surface area contributed by atoms with Gasteiger partial charge in [0, 0.05) is 35.5 Å². The normalized spacial score (nSPS) is 16.8. The summed E-state index contributed by atoms with van der Waals surface area (Å²) in [6.07, 6.45) is 0.657. The molecular weight excluding hydrogens is 432 g/mol. The first-order valence-corrected chi connectivity index (χ1v) is 10.0. The monoisotopic (exact) mass is 452 g/mol. The first kappa shape index (κ1) is 22.0. The van der Waals surface area contributed by atoms with Gasteiger partial charge >= 0.3 is 12.3 Å². The molecule has 32 heavy (non-hydrogen) atoms. The van der Waals surface area contributed by atoms with Crippen LogP contribution in [0.1, 0.15) is 47.3 Å². The molecule has 11 heteroatoms. The van der Waals surface area contributed by atoms with Crippen molar-refractivity contribution in [2.45, 2.75) is 44.7 Å². The number of hydrogen-bond acceptors (Lipinski definition) is 5. The van der Waals surface area contributed by atoms with Crippen LogP contribution in [0.3, 0.4) is 0 Å². The van der Waals surface area contributed by atoms with Crippen LogP contribution in [0.15, 0.2) is 30.6 Å². The molecule has 0 bridgehead atoms. The molecule has 1 fully saturated rings. The van der Waals surface area contributed by atoms with Gasteiger partial charge in [0.2, 0.25) is 11.8 Å². The number of ether oxygens (including phenoxy) is 1. The SMILES string of the molecule is CC(c1ccc(OCC(F)(F)C(F)F)nc1)N1Cc2c(ccnc2NC(=O)C2CC2)C1=O. The second-order valence-electron chi connectivity index (χ2n) is 7.84. The van der Waals surface area contributed by atoms with E-state index in [9.17, 15) is 27.2 Å². The Morgan fingerprint density at radius 3 is 2.66 bits per heavy atom. The smallest absolute Gasteiger partial charge is 0.340 e. The maximum atomic E-state index is 13.0. The second kappa shape index (κ2) is 8.36. The molecule has 2 amide bonds. The third kappa shape index (κ3) is 4.37. The first-order valence-electron chi connectivity index (χ1n) is 10.0. The molecule has 1 aliphatic heterocycles. The number of aromatic nitrogens is 2. The van der Waals surface area contributed by atoms with Gasteiger partial charge in [-0.25, -0.2) is 18.7 Å². The third-order valence-corrected chi connectivity index (χ3v) is 5.51. The predicted molar refractivity (Wildman–Crippen MR) is 105 cm³/mol. The fourth-order valence-corrected chi connectivity index (χ4v) is 3.37. The number of carbonyl (C=O) groups is 2. The van der Waals surface area contributed by atoms with Crippen LogP contribution in [0.5, 0.6) is 5.88 Å². The van der Waals surface area contributed by atoms with Crippen molar-refractivity contribution in [3.05, 3.63) is 47.3 Å². The molecule has 170 valence electrons. The number of alkyl halides is 4.